The molecule has 38 heavy (non-hydrogen) atoms. The van der Waals surface area contributed by atoms with Gasteiger partial charge in [0.2, 0.25) is 11.8 Å². The van der Waals surface area contributed by atoms with E-state index in [4.69, 9.17) is 9.47 Å². The van der Waals surface area contributed by atoms with Gasteiger partial charge in [-0.1, -0.05) is 37.3 Å². The van der Waals surface area contributed by atoms with Crippen molar-refractivity contribution >= 4 is 29.5 Å². The van der Waals surface area contributed by atoms with Crippen LogP contribution in [0.2, 0.25) is 0 Å². The largest absolute Gasteiger partial charge is 0.466 e. The highest BCUT2D eigenvalue weighted by molar-refractivity contribution is 8.02. The molecule has 0 saturated carbocycles. The summed E-state index contributed by atoms with van der Waals surface area (Å²) in [6.45, 7) is 8.04. The zero-order valence-corrected chi connectivity index (χ0v) is 23.0. The quantitative estimate of drug-likeness (QED) is 0.419. The fraction of sp³-hybridized carbons (Fsp3) is 0.679. The highest BCUT2D eigenvalue weighted by Crippen LogP contribution is 2.68. The van der Waals surface area contributed by atoms with Crippen molar-refractivity contribution in [2.45, 2.75) is 48.8 Å². The highest BCUT2D eigenvalue weighted by atomic mass is 32.2. The van der Waals surface area contributed by atoms with Crippen molar-refractivity contribution in [3.05, 3.63) is 35.9 Å². The zero-order valence-electron chi connectivity index (χ0n) is 22.2. The molecule has 1 aromatic rings. The van der Waals surface area contributed by atoms with E-state index in [0.29, 0.717) is 32.7 Å². The van der Waals surface area contributed by atoms with E-state index in [9.17, 15) is 19.5 Å². The van der Waals surface area contributed by atoms with E-state index in [1.807, 2.05) is 30.3 Å². The fourth-order valence-electron chi connectivity index (χ4n) is 7.05. The van der Waals surface area contributed by atoms with Crippen LogP contribution >= 0.6 is 11.8 Å². The molecule has 3 unspecified atom stereocenters. The maximum absolute atomic E-state index is 14.3. The summed E-state index contributed by atoms with van der Waals surface area (Å²) >= 11 is 1.63. The molecule has 5 rings (SSSR count). The van der Waals surface area contributed by atoms with Gasteiger partial charge in [0.1, 0.15) is 6.04 Å². The summed E-state index contributed by atoms with van der Waals surface area (Å²) in [6.07, 6.45) is 1.18. The van der Waals surface area contributed by atoms with Crippen molar-refractivity contribution in [3.63, 3.8) is 0 Å². The Morgan fingerprint density at radius 1 is 1.26 bits per heavy atom. The third-order valence-electron chi connectivity index (χ3n) is 8.74. The van der Waals surface area contributed by atoms with Crippen molar-refractivity contribution in [2.24, 2.45) is 17.8 Å². The molecule has 4 aliphatic heterocycles. The molecule has 2 amide bonds. The monoisotopic (exact) mass is 545 g/mol. The van der Waals surface area contributed by atoms with Gasteiger partial charge in [-0.25, -0.2) is 0 Å². The smallest absolute Gasteiger partial charge is 0.310 e. The van der Waals surface area contributed by atoms with Crippen molar-refractivity contribution in [1.29, 1.82) is 0 Å². The number of esters is 1. The number of hydrogen-bond acceptors (Lipinski definition) is 8. The second-order valence-electron chi connectivity index (χ2n) is 10.8. The minimum atomic E-state index is -0.769. The normalized spacial score (nSPS) is 33.3. The van der Waals surface area contributed by atoms with Crippen molar-refractivity contribution in [1.82, 2.24) is 15.1 Å². The minimum absolute atomic E-state index is 0.0505. The number of ether oxygens (including phenoxy) is 2. The van der Waals surface area contributed by atoms with Gasteiger partial charge >= 0.3 is 5.97 Å². The maximum atomic E-state index is 14.3. The van der Waals surface area contributed by atoms with E-state index >= 15 is 0 Å². The van der Waals surface area contributed by atoms with E-state index in [1.165, 1.54) is 0 Å². The van der Waals surface area contributed by atoms with E-state index in [2.05, 4.69) is 17.1 Å². The number of fused-ring (bicyclic) bond motifs is 1. The second kappa shape index (κ2) is 11.5. The predicted octanol–water partition coefficient (Wildman–Crippen LogP) is 0.939. The molecular weight excluding hydrogens is 506 g/mol. The molecule has 2 N–H and O–H groups in total. The van der Waals surface area contributed by atoms with Crippen LogP contribution in [0.5, 0.6) is 0 Å². The van der Waals surface area contributed by atoms with Crippen LogP contribution in [-0.4, -0.2) is 107 Å². The molecule has 7 atom stereocenters. The Bertz CT molecular complexity index is 1020. The molecular formula is C28H39N3O6S. The van der Waals surface area contributed by atoms with Crippen LogP contribution in [-0.2, 0) is 30.3 Å². The molecule has 0 radical (unpaired) electrons. The van der Waals surface area contributed by atoms with Crippen LogP contribution in [0.1, 0.15) is 25.8 Å². The number of aliphatic hydroxyl groups is 1. The molecule has 2 bridgehead atoms. The van der Waals surface area contributed by atoms with E-state index in [1.54, 1.807) is 23.6 Å². The average molecular weight is 546 g/mol. The van der Waals surface area contributed by atoms with Gasteiger partial charge in [0.05, 0.1) is 49.1 Å². The summed E-state index contributed by atoms with van der Waals surface area (Å²) in [6, 6.07) is 8.36. The molecule has 4 aliphatic rings. The number of hydrogen-bond donors (Lipinski definition) is 2. The molecule has 0 aliphatic carbocycles. The number of carbonyl (C=O) groups is 3. The number of amides is 2. The van der Waals surface area contributed by atoms with Gasteiger partial charge in [-0.3, -0.25) is 19.3 Å². The second-order valence-corrected chi connectivity index (χ2v) is 12.4. The van der Waals surface area contributed by atoms with Crippen LogP contribution in [0.4, 0.5) is 0 Å². The van der Waals surface area contributed by atoms with Gasteiger partial charge in [0, 0.05) is 31.4 Å². The van der Waals surface area contributed by atoms with Gasteiger partial charge in [-0.05, 0) is 31.2 Å². The summed E-state index contributed by atoms with van der Waals surface area (Å²) in [5.41, 5.74) is 0.979. The number of nitrogens with zero attached hydrogens (tertiary/aromatic N) is 2. The number of carbonyl (C=O) groups excluding carboxylic acids is 3. The number of aliphatic hydroxyl groups excluding tert-OH is 1. The van der Waals surface area contributed by atoms with Gasteiger partial charge in [0.25, 0.3) is 0 Å². The van der Waals surface area contributed by atoms with E-state index in [-0.39, 0.29) is 42.2 Å². The third kappa shape index (κ3) is 4.74. The lowest BCUT2D eigenvalue weighted by Crippen LogP contribution is -2.59. The predicted molar refractivity (Wildman–Crippen MR) is 143 cm³/mol. The van der Waals surface area contributed by atoms with Gasteiger partial charge in [0.15, 0.2) is 0 Å². The Balaban J connectivity index is 1.45. The lowest BCUT2D eigenvalue weighted by atomic mass is 9.66. The topological polar surface area (TPSA) is 108 Å². The average Bonchev–Trinajstić information content (AvgIpc) is 3.52. The molecule has 1 spiro atoms. The number of thioether (sulfide) groups is 1. The van der Waals surface area contributed by atoms with Crippen LogP contribution in [0.3, 0.4) is 0 Å². The SMILES string of the molecule is CCOC(=O)[C@@H]1[C@H]2C(=O)N([C@@H](CO)Cc3ccccc3)C(C(=O)NCCN3CCOCC3)C23S[C@@H]1CC3C. The van der Waals surface area contributed by atoms with Crippen LogP contribution in [0, 0.1) is 17.8 Å². The Hall–Kier alpha value is -2.14. The van der Waals surface area contributed by atoms with Gasteiger partial charge in [-0.15, -0.1) is 11.8 Å². The van der Waals surface area contributed by atoms with Gasteiger partial charge in [-0.2, -0.15) is 0 Å². The standard InChI is InChI=1S/C28H39N3O6S/c1-3-37-27(35)22-21-15-18(2)28(38-21)23(22)26(34)31(20(17-32)16-19-7-5-4-6-8-19)24(28)25(33)29-9-10-30-11-13-36-14-12-30/h4-8,18,20-24,32H,3,9-17H2,1-2H3,(H,29,33)/t18?,20-,21-,22+,23+,24?,28?/m1/s1. The van der Waals surface area contributed by atoms with Gasteiger partial charge < -0.3 is 24.8 Å². The van der Waals surface area contributed by atoms with Crippen molar-refractivity contribution < 1.29 is 29.0 Å². The third-order valence-corrected chi connectivity index (χ3v) is 10.8. The minimum Gasteiger partial charge on any atom is -0.466 e. The number of likely N-dealkylation sites (tertiary alicyclic amines) is 1. The number of nitrogens with one attached hydrogen (secondary N) is 1. The summed E-state index contributed by atoms with van der Waals surface area (Å²) in [7, 11) is 0. The molecule has 4 fully saturated rings. The number of morpholine rings is 1. The summed E-state index contributed by atoms with van der Waals surface area (Å²) in [4.78, 5) is 45.3. The molecule has 4 saturated heterocycles. The molecule has 1 aromatic carbocycles. The first kappa shape index (κ1) is 27.4. The lowest BCUT2D eigenvalue weighted by Gasteiger charge is -2.40. The number of rotatable bonds is 10. The Kier molecular flexibility index (Phi) is 8.33. The zero-order chi connectivity index (χ0) is 26.9. The Labute approximate surface area is 228 Å². The molecule has 4 heterocycles. The molecule has 10 heteroatoms. The van der Waals surface area contributed by atoms with Crippen molar-refractivity contribution in [2.75, 3.05) is 52.6 Å². The van der Waals surface area contributed by atoms with Crippen LogP contribution < -0.4 is 5.32 Å². The fourth-order valence-corrected chi connectivity index (χ4v) is 9.45. The maximum Gasteiger partial charge on any atom is 0.310 e. The Morgan fingerprint density at radius 3 is 2.68 bits per heavy atom. The molecule has 0 aromatic heterocycles. The molecule has 208 valence electrons. The number of benzene rings is 1. The van der Waals surface area contributed by atoms with Crippen LogP contribution in [0.15, 0.2) is 30.3 Å². The summed E-state index contributed by atoms with van der Waals surface area (Å²) < 4.78 is 10.1. The summed E-state index contributed by atoms with van der Waals surface area (Å²) in [5, 5.41) is 13.6. The molecule has 9 nitrogen and oxygen atoms in total. The van der Waals surface area contributed by atoms with E-state index in [0.717, 1.165) is 25.1 Å². The first-order valence-corrected chi connectivity index (χ1v) is 14.7. The van der Waals surface area contributed by atoms with Crippen LogP contribution in [0.25, 0.3) is 0 Å². The highest BCUT2D eigenvalue weighted by Gasteiger charge is 2.76. The van der Waals surface area contributed by atoms with E-state index < -0.39 is 28.7 Å². The Morgan fingerprint density at radius 2 is 2.00 bits per heavy atom. The van der Waals surface area contributed by atoms with Crippen molar-refractivity contribution in [3.8, 4) is 0 Å². The summed E-state index contributed by atoms with van der Waals surface area (Å²) in [5.74, 6) is -1.92. The first-order valence-electron chi connectivity index (χ1n) is 13.8. The lowest BCUT2D eigenvalue weighted by molar-refractivity contribution is -0.154. The first-order chi connectivity index (χ1) is 18.4.